The van der Waals surface area contributed by atoms with E-state index in [4.69, 9.17) is 13.3 Å². The van der Waals surface area contributed by atoms with Crippen LogP contribution in [0.15, 0.2) is 17.7 Å². The van der Waals surface area contributed by atoms with E-state index in [0.29, 0.717) is 0 Å². The first-order valence-electron chi connectivity index (χ1n) is 11.7. The van der Waals surface area contributed by atoms with Gasteiger partial charge in [-0.15, -0.1) is 6.42 Å². The molecular formula is C27H54O3PtSi. The van der Waals surface area contributed by atoms with Gasteiger partial charge >= 0.3 is 29.9 Å². The molecule has 0 aromatic heterocycles. The van der Waals surface area contributed by atoms with Crippen molar-refractivity contribution in [2.45, 2.75) is 109 Å². The summed E-state index contributed by atoms with van der Waals surface area (Å²) >= 11 is 0. The standard InChI is InChI=1S/C24H45O3Si.3CH3.Pt/c1-25-28(26-2,27-3)23-19-15-13-11-9-7-5-4-6-8-10-12-14-16-20-24-21-17-18-22-24;;;;/h17,21H,4-16,18-20,23H2,1-3H3;3*1H3;/q4*-1;+4. The average Bonchev–Trinajstić information content (AvgIpc) is 3.24. The van der Waals surface area contributed by atoms with Gasteiger partial charge in [0.15, 0.2) is 0 Å². The molecule has 0 aliphatic heterocycles. The van der Waals surface area contributed by atoms with Crippen molar-refractivity contribution < 1.29 is 34.3 Å². The van der Waals surface area contributed by atoms with Gasteiger partial charge in [-0.25, -0.2) is 11.6 Å². The van der Waals surface area contributed by atoms with Gasteiger partial charge in [-0.3, -0.25) is 6.08 Å². The van der Waals surface area contributed by atoms with Gasteiger partial charge < -0.3 is 35.6 Å². The van der Waals surface area contributed by atoms with Gasteiger partial charge in [0.25, 0.3) is 0 Å². The van der Waals surface area contributed by atoms with Crippen LogP contribution in [0.1, 0.15) is 103 Å². The molecule has 32 heavy (non-hydrogen) atoms. The molecule has 3 nitrogen and oxygen atoms in total. The summed E-state index contributed by atoms with van der Waals surface area (Å²) in [6, 6.07) is 0.934. The van der Waals surface area contributed by atoms with Gasteiger partial charge in [-0.2, -0.15) is 6.08 Å². The Bertz CT molecular complexity index is 415. The van der Waals surface area contributed by atoms with E-state index in [9.17, 15) is 0 Å². The van der Waals surface area contributed by atoms with Crippen LogP contribution in [0.4, 0.5) is 0 Å². The van der Waals surface area contributed by atoms with Crippen molar-refractivity contribution in [3.05, 3.63) is 46.1 Å². The Hall–Kier alpha value is 0.265. The van der Waals surface area contributed by atoms with Crippen LogP contribution in [0.3, 0.4) is 0 Å². The second kappa shape index (κ2) is 27.5. The molecule has 1 rings (SSSR count). The first kappa shape index (κ1) is 39.5. The first-order chi connectivity index (χ1) is 13.8. The third-order valence-electron chi connectivity index (χ3n) is 5.88. The summed E-state index contributed by atoms with van der Waals surface area (Å²) in [7, 11) is 2.76. The zero-order valence-corrected chi connectivity index (χ0v) is 25.5. The quantitative estimate of drug-likeness (QED) is 0.0750. The van der Waals surface area contributed by atoms with Crippen LogP contribution in [-0.4, -0.2) is 30.1 Å². The molecular weight excluding hydrogens is 595 g/mol. The normalized spacial score (nSPS) is 12.3. The predicted molar refractivity (Wildman–Crippen MR) is 141 cm³/mol. The van der Waals surface area contributed by atoms with Crippen LogP contribution < -0.4 is 0 Å². The third kappa shape index (κ3) is 19.7. The summed E-state index contributed by atoms with van der Waals surface area (Å²) in [5, 5.41) is 0. The van der Waals surface area contributed by atoms with E-state index in [1.54, 1.807) is 21.3 Å². The fourth-order valence-corrected chi connectivity index (χ4v) is 5.75. The topological polar surface area (TPSA) is 27.7 Å². The molecule has 0 aromatic carbocycles. The zero-order chi connectivity index (χ0) is 20.3. The van der Waals surface area contributed by atoms with E-state index < -0.39 is 8.80 Å². The van der Waals surface area contributed by atoms with Gasteiger partial charge in [-0.1, -0.05) is 89.9 Å². The zero-order valence-electron chi connectivity index (χ0n) is 22.2. The number of allylic oxidation sites excluding steroid dienone is 4. The molecule has 0 saturated carbocycles. The molecule has 0 bridgehead atoms. The summed E-state index contributed by atoms with van der Waals surface area (Å²) in [6.07, 6.45) is 29.3. The molecule has 0 saturated heterocycles. The molecule has 0 atom stereocenters. The number of hydrogen-bond acceptors (Lipinski definition) is 3. The molecule has 0 N–H and O–H groups in total. The maximum Gasteiger partial charge on any atom is 4.00 e. The Kier molecular flexibility index (Phi) is 33.9. The van der Waals surface area contributed by atoms with E-state index in [-0.39, 0.29) is 43.3 Å². The maximum absolute atomic E-state index is 5.46. The summed E-state index contributed by atoms with van der Waals surface area (Å²) in [5.74, 6) is 0. The number of unbranched alkanes of at least 4 members (excludes halogenated alkanes) is 13. The minimum Gasteiger partial charge on any atom is -0.377 e. The van der Waals surface area contributed by atoms with Crippen molar-refractivity contribution >= 4 is 8.80 Å². The van der Waals surface area contributed by atoms with Crippen LogP contribution >= 0.6 is 0 Å². The predicted octanol–water partition coefficient (Wildman–Crippen LogP) is 8.75. The van der Waals surface area contributed by atoms with Crippen LogP contribution in [0, 0.1) is 28.4 Å². The van der Waals surface area contributed by atoms with E-state index in [1.807, 2.05) is 0 Å². The molecule has 0 unspecified atom stereocenters. The van der Waals surface area contributed by atoms with Crippen molar-refractivity contribution in [1.29, 1.82) is 0 Å². The minimum atomic E-state index is -2.34. The second-order valence-electron chi connectivity index (χ2n) is 8.05. The molecule has 0 fully saturated rings. The van der Waals surface area contributed by atoms with Crippen molar-refractivity contribution in [3.63, 3.8) is 0 Å². The van der Waals surface area contributed by atoms with Gasteiger partial charge in [0.05, 0.1) is 0 Å². The Morgan fingerprint density at radius 2 is 1.03 bits per heavy atom. The van der Waals surface area contributed by atoms with Crippen molar-refractivity contribution in [2.75, 3.05) is 21.3 Å². The van der Waals surface area contributed by atoms with Crippen molar-refractivity contribution in [1.82, 2.24) is 0 Å². The molecule has 1 aliphatic rings. The molecule has 5 heteroatoms. The Morgan fingerprint density at radius 1 is 0.656 bits per heavy atom. The summed E-state index contributed by atoms with van der Waals surface area (Å²) in [6.45, 7) is 0. The monoisotopic (exact) mass is 649 g/mol. The van der Waals surface area contributed by atoms with E-state index in [1.165, 1.54) is 95.5 Å². The van der Waals surface area contributed by atoms with E-state index >= 15 is 0 Å². The Balaban J connectivity index is -0.000000980. The summed E-state index contributed by atoms with van der Waals surface area (Å²) in [5.41, 5.74) is 1.44. The Labute approximate surface area is 218 Å². The molecule has 194 valence electrons. The van der Waals surface area contributed by atoms with Gasteiger partial charge in [0, 0.05) is 27.4 Å². The van der Waals surface area contributed by atoms with Gasteiger partial charge in [0.2, 0.25) is 0 Å². The van der Waals surface area contributed by atoms with Crippen molar-refractivity contribution in [2.24, 2.45) is 0 Å². The molecule has 0 aromatic rings. The second-order valence-corrected chi connectivity index (χ2v) is 11.1. The van der Waals surface area contributed by atoms with Crippen LogP contribution in [-0.2, 0) is 34.3 Å². The smallest absolute Gasteiger partial charge is 0.377 e. The van der Waals surface area contributed by atoms with Gasteiger partial charge in [0.1, 0.15) is 0 Å². The third-order valence-corrected chi connectivity index (χ3v) is 8.71. The fourth-order valence-electron chi connectivity index (χ4n) is 3.96. The molecule has 1 aliphatic carbocycles. The largest absolute Gasteiger partial charge is 4.00 e. The average molecular weight is 650 g/mol. The van der Waals surface area contributed by atoms with Crippen molar-refractivity contribution in [3.8, 4) is 0 Å². The molecule has 0 amide bonds. The SMILES string of the molecule is CO[Si](CCCCCCCCCCCCCCCCC1=[C-]CC=C1)(OC)OC.[CH3-].[CH3-].[CH3-].[Pt+4]. The first-order valence-corrected chi connectivity index (χ1v) is 13.6. The van der Waals surface area contributed by atoms with Crippen LogP contribution in [0.5, 0.6) is 0 Å². The van der Waals surface area contributed by atoms with Gasteiger partial charge in [-0.05, 0) is 6.42 Å². The molecule has 0 heterocycles. The summed E-state index contributed by atoms with van der Waals surface area (Å²) in [4.78, 5) is 0. The minimum absolute atomic E-state index is 0. The van der Waals surface area contributed by atoms with E-state index in [0.717, 1.165) is 18.9 Å². The van der Waals surface area contributed by atoms with Crippen LogP contribution in [0.25, 0.3) is 0 Å². The number of rotatable bonds is 20. The molecule has 0 spiro atoms. The van der Waals surface area contributed by atoms with E-state index in [2.05, 4.69) is 18.2 Å². The van der Waals surface area contributed by atoms with Crippen LogP contribution in [0.2, 0.25) is 6.04 Å². The fraction of sp³-hybridized carbons (Fsp3) is 0.741. The maximum atomic E-state index is 5.46. The Morgan fingerprint density at radius 3 is 1.38 bits per heavy atom. The molecule has 0 radical (unpaired) electrons. The number of hydrogen-bond donors (Lipinski definition) is 0. The summed E-state index contributed by atoms with van der Waals surface area (Å²) < 4.78 is 16.4.